The summed E-state index contributed by atoms with van der Waals surface area (Å²) in [5.41, 5.74) is 2.51. The van der Waals surface area contributed by atoms with Gasteiger partial charge in [0, 0.05) is 22.5 Å². The number of hydrogen-bond acceptors (Lipinski definition) is 6. The summed E-state index contributed by atoms with van der Waals surface area (Å²) in [7, 11) is 1.31. The summed E-state index contributed by atoms with van der Waals surface area (Å²) in [6.07, 6.45) is 0. The fourth-order valence-electron chi connectivity index (χ4n) is 2.48. The summed E-state index contributed by atoms with van der Waals surface area (Å²) < 4.78 is 4.75. The van der Waals surface area contributed by atoms with Gasteiger partial charge in [-0.25, -0.2) is 4.98 Å². The molecule has 0 spiro atoms. The van der Waals surface area contributed by atoms with Crippen LogP contribution in [0.1, 0.15) is 20.9 Å². The maximum Gasteiger partial charge on any atom is 0.325 e. The Morgan fingerprint density at radius 1 is 1.22 bits per heavy atom. The number of thiazole rings is 1. The number of methoxy groups -OCH3 is 1. The quantitative estimate of drug-likeness (QED) is 0.544. The Labute approximate surface area is 170 Å². The second kappa shape index (κ2) is 8.65. The minimum Gasteiger partial charge on any atom is -0.468 e. The number of hydrogen-bond donors (Lipinski definition) is 0. The smallest absolute Gasteiger partial charge is 0.325 e. The molecule has 0 aliphatic rings. The number of thiophene rings is 1. The van der Waals surface area contributed by atoms with E-state index in [9.17, 15) is 9.59 Å². The van der Waals surface area contributed by atoms with Crippen molar-refractivity contribution in [1.82, 2.24) is 9.88 Å². The predicted molar refractivity (Wildman–Crippen MR) is 108 cm³/mol. The first-order valence-corrected chi connectivity index (χ1v) is 10.2. The lowest BCUT2D eigenvalue weighted by atomic mass is 10.2. The molecular formula is C19H17ClN2O3S2. The number of carbonyl (C=O) groups is 2. The maximum atomic E-state index is 13.1. The molecule has 3 rings (SSSR count). The molecule has 0 saturated carbocycles. The zero-order chi connectivity index (χ0) is 19.4. The summed E-state index contributed by atoms with van der Waals surface area (Å²) >= 11 is 8.84. The number of benzene rings is 1. The topological polar surface area (TPSA) is 59.5 Å². The minimum atomic E-state index is -0.475. The van der Waals surface area contributed by atoms with Crippen molar-refractivity contribution < 1.29 is 14.3 Å². The predicted octanol–water partition coefficient (Wildman–Crippen LogP) is 4.65. The van der Waals surface area contributed by atoms with E-state index in [2.05, 4.69) is 4.98 Å². The molecule has 8 heteroatoms. The van der Waals surface area contributed by atoms with Crippen LogP contribution in [0.25, 0.3) is 10.6 Å². The summed E-state index contributed by atoms with van der Waals surface area (Å²) in [6, 6.07) is 9.14. The van der Waals surface area contributed by atoms with E-state index in [4.69, 9.17) is 16.3 Å². The van der Waals surface area contributed by atoms with E-state index in [0.717, 1.165) is 16.1 Å². The second-order valence-electron chi connectivity index (χ2n) is 5.81. The molecule has 0 saturated heterocycles. The molecule has 0 N–H and O–H groups in total. The van der Waals surface area contributed by atoms with Gasteiger partial charge in [-0.15, -0.1) is 11.3 Å². The summed E-state index contributed by atoms with van der Waals surface area (Å²) in [5.74, 6) is -0.718. The number of nitrogens with zero attached hydrogens (tertiary/aromatic N) is 2. The molecule has 27 heavy (non-hydrogen) atoms. The zero-order valence-corrected chi connectivity index (χ0v) is 17.2. The number of carbonyl (C=O) groups excluding carboxylic acids is 2. The average Bonchev–Trinajstić information content (AvgIpc) is 3.31. The highest BCUT2D eigenvalue weighted by molar-refractivity contribution is 7.17. The third-order valence-electron chi connectivity index (χ3n) is 3.88. The van der Waals surface area contributed by atoms with Crippen molar-refractivity contribution in [1.29, 1.82) is 0 Å². The number of aromatic nitrogens is 1. The van der Waals surface area contributed by atoms with E-state index >= 15 is 0 Å². The number of ether oxygens (including phenoxy) is 1. The van der Waals surface area contributed by atoms with Gasteiger partial charge in [0.05, 0.1) is 12.8 Å². The van der Waals surface area contributed by atoms with Crippen molar-refractivity contribution in [3.8, 4) is 10.6 Å². The van der Waals surface area contributed by atoms with E-state index in [-0.39, 0.29) is 19.0 Å². The Hall–Kier alpha value is -2.22. The summed E-state index contributed by atoms with van der Waals surface area (Å²) in [6.45, 7) is 1.94. The van der Waals surface area contributed by atoms with Crippen LogP contribution in [0.15, 0.2) is 41.1 Å². The van der Waals surface area contributed by atoms with E-state index in [1.54, 1.807) is 30.4 Å². The van der Waals surface area contributed by atoms with Gasteiger partial charge in [0.1, 0.15) is 16.4 Å². The number of halogens is 1. The molecule has 1 aromatic carbocycles. The van der Waals surface area contributed by atoms with Gasteiger partial charge in [0.15, 0.2) is 0 Å². The van der Waals surface area contributed by atoms with Crippen LogP contribution in [0.2, 0.25) is 5.02 Å². The molecule has 0 fully saturated rings. The zero-order valence-electron chi connectivity index (χ0n) is 14.8. The van der Waals surface area contributed by atoms with Crippen molar-refractivity contribution in [3.63, 3.8) is 0 Å². The van der Waals surface area contributed by atoms with Gasteiger partial charge in [-0.2, -0.15) is 11.3 Å². The molecular weight excluding hydrogens is 404 g/mol. The van der Waals surface area contributed by atoms with Crippen LogP contribution in [-0.4, -0.2) is 35.4 Å². The Morgan fingerprint density at radius 2 is 1.96 bits per heavy atom. The van der Waals surface area contributed by atoms with Crippen LogP contribution in [-0.2, 0) is 16.1 Å². The monoisotopic (exact) mass is 420 g/mol. The first kappa shape index (κ1) is 19.5. The molecule has 0 radical (unpaired) electrons. The Bertz CT molecular complexity index is 937. The number of aryl methyl sites for hydroxylation is 1. The molecule has 0 aliphatic carbocycles. The van der Waals surface area contributed by atoms with Crippen molar-refractivity contribution in [2.45, 2.75) is 13.5 Å². The van der Waals surface area contributed by atoms with Crippen molar-refractivity contribution in [2.75, 3.05) is 13.7 Å². The molecule has 2 heterocycles. The molecule has 2 aromatic heterocycles. The molecule has 5 nitrogen and oxygen atoms in total. The lowest BCUT2D eigenvalue weighted by molar-refractivity contribution is -0.141. The molecule has 0 unspecified atom stereocenters. The van der Waals surface area contributed by atoms with Gasteiger partial charge in [-0.05, 0) is 36.1 Å². The fraction of sp³-hybridized carbons (Fsp3) is 0.211. The van der Waals surface area contributed by atoms with Crippen molar-refractivity contribution in [2.24, 2.45) is 0 Å². The lowest BCUT2D eigenvalue weighted by Gasteiger charge is -2.21. The highest BCUT2D eigenvalue weighted by Crippen LogP contribution is 2.30. The van der Waals surface area contributed by atoms with Crippen LogP contribution in [0.5, 0.6) is 0 Å². The largest absolute Gasteiger partial charge is 0.468 e. The Balaban J connectivity index is 1.88. The number of amides is 1. The lowest BCUT2D eigenvalue weighted by Crippen LogP contribution is -2.35. The molecule has 0 atom stereocenters. The normalized spacial score (nSPS) is 10.6. The summed E-state index contributed by atoms with van der Waals surface area (Å²) in [4.78, 5) is 31.5. The Morgan fingerprint density at radius 3 is 2.59 bits per heavy atom. The van der Waals surface area contributed by atoms with Crippen molar-refractivity contribution >= 4 is 46.2 Å². The third-order valence-corrected chi connectivity index (χ3v) is 6.01. The van der Waals surface area contributed by atoms with Crippen LogP contribution in [0, 0.1) is 6.92 Å². The van der Waals surface area contributed by atoms with E-state index < -0.39 is 5.97 Å². The minimum absolute atomic E-state index is 0.136. The van der Waals surface area contributed by atoms with Crippen LogP contribution < -0.4 is 0 Å². The molecule has 1 amide bonds. The van der Waals surface area contributed by atoms with Crippen LogP contribution >= 0.6 is 34.3 Å². The molecule has 0 aliphatic heterocycles. The van der Waals surface area contributed by atoms with Gasteiger partial charge < -0.3 is 9.64 Å². The van der Waals surface area contributed by atoms with E-state index in [0.29, 0.717) is 15.6 Å². The van der Waals surface area contributed by atoms with Gasteiger partial charge in [0.25, 0.3) is 5.91 Å². The Kier molecular flexibility index (Phi) is 6.26. The first-order chi connectivity index (χ1) is 13.0. The van der Waals surface area contributed by atoms with Gasteiger partial charge in [0.2, 0.25) is 0 Å². The average molecular weight is 421 g/mol. The number of rotatable bonds is 6. The molecule has 140 valence electrons. The highest BCUT2D eigenvalue weighted by atomic mass is 35.5. The van der Waals surface area contributed by atoms with Gasteiger partial charge >= 0.3 is 5.97 Å². The van der Waals surface area contributed by atoms with E-state index in [1.807, 2.05) is 29.0 Å². The first-order valence-electron chi connectivity index (χ1n) is 8.08. The van der Waals surface area contributed by atoms with Crippen molar-refractivity contribution in [3.05, 3.63) is 62.2 Å². The van der Waals surface area contributed by atoms with Gasteiger partial charge in [-0.3, -0.25) is 9.59 Å². The maximum absolute atomic E-state index is 13.1. The van der Waals surface area contributed by atoms with Crippen LogP contribution in [0.3, 0.4) is 0 Å². The second-order valence-corrected chi connectivity index (χ2v) is 8.02. The van der Waals surface area contributed by atoms with Crippen LogP contribution in [0.4, 0.5) is 0 Å². The fourth-order valence-corrected chi connectivity index (χ4v) is 4.35. The molecule has 3 aromatic rings. The van der Waals surface area contributed by atoms with E-state index in [1.165, 1.54) is 23.3 Å². The third kappa shape index (κ3) is 4.74. The SMILES string of the molecule is COC(=O)CN(Cc1ccc(Cl)cc1)C(=O)c1sc(-c2ccsc2)nc1C. The standard InChI is InChI=1S/C19H17ClN2O3S2/c1-12-17(27-18(21-12)14-7-8-26-11-14)19(24)22(10-16(23)25-2)9-13-3-5-15(20)6-4-13/h3-8,11H,9-10H2,1-2H3. The van der Waals surface area contributed by atoms with Gasteiger partial charge in [-0.1, -0.05) is 23.7 Å². The summed E-state index contributed by atoms with van der Waals surface area (Å²) in [5, 5.41) is 5.37. The highest BCUT2D eigenvalue weighted by Gasteiger charge is 2.24. The number of esters is 1. The molecule has 0 bridgehead atoms.